The van der Waals surface area contributed by atoms with Crippen LogP contribution in [0.2, 0.25) is 0 Å². The molecule has 6 heteroatoms. The van der Waals surface area contributed by atoms with Crippen molar-refractivity contribution in [3.63, 3.8) is 0 Å². The molecule has 1 atom stereocenters. The summed E-state index contributed by atoms with van der Waals surface area (Å²) in [6.45, 7) is 9.58. The number of piperazine rings is 1. The molecule has 1 unspecified atom stereocenters. The Morgan fingerprint density at radius 2 is 1.70 bits per heavy atom. The van der Waals surface area contributed by atoms with Crippen LogP contribution in [0, 0.1) is 0 Å². The van der Waals surface area contributed by atoms with Gasteiger partial charge >= 0.3 is 0 Å². The molecule has 1 aromatic rings. The molecule has 0 aromatic heterocycles. The fourth-order valence-corrected chi connectivity index (χ4v) is 5.74. The molecular formula is C21H32N2O3S. The zero-order chi connectivity index (χ0) is 19.7. The summed E-state index contributed by atoms with van der Waals surface area (Å²) in [5, 5.41) is 0. The lowest BCUT2D eigenvalue weighted by atomic mass is 9.86. The molecule has 0 N–H and O–H groups in total. The minimum Gasteiger partial charge on any atom is -0.340 e. The second-order valence-corrected chi connectivity index (χ2v) is 11.1. The van der Waals surface area contributed by atoms with Crippen LogP contribution in [-0.4, -0.2) is 67.9 Å². The van der Waals surface area contributed by atoms with Crippen LogP contribution in [0.1, 0.15) is 44.7 Å². The Morgan fingerprint density at radius 3 is 2.22 bits per heavy atom. The highest BCUT2D eigenvalue weighted by Crippen LogP contribution is 2.23. The molecule has 0 saturated carbocycles. The molecule has 0 spiro atoms. The molecule has 0 aliphatic carbocycles. The van der Waals surface area contributed by atoms with E-state index in [9.17, 15) is 13.2 Å². The second kappa shape index (κ2) is 7.92. The largest absolute Gasteiger partial charge is 0.340 e. The summed E-state index contributed by atoms with van der Waals surface area (Å²) in [5.74, 6) is 0.796. The first-order chi connectivity index (χ1) is 12.6. The Kier molecular flexibility index (Phi) is 5.96. The summed E-state index contributed by atoms with van der Waals surface area (Å²) in [5.41, 5.74) is 2.65. The van der Waals surface area contributed by atoms with Crippen molar-refractivity contribution in [1.82, 2.24) is 9.80 Å². The zero-order valence-corrected chi connectivity index (χ0v) is 17.6. The van der Waals surface area contributed by atoms with Gasteiger partial charge in [0.25, 0.3) is 0 Å². The van der Waals surface area contributed by atoms with Gasteiger partial charge in [0.05, 0.1) is 11.5 Å². The Labute approximate surface area is 163 Å². The van der Waals surface area contributed by atoms with Crippen molar-refractivity contribution in [1.29, 1.82) is 0 Å². The molecule has 2 aliphatic heterocycles. The number of hydrogen-bond acceptors (Lipinski definition) is 4. The summed E-state index contributed by atoms with van der Waals surface area (Å²) >= 11 is 0. The Hall–Kier alpha value is -1.40. The van der Waals surface area contributed by atoms with Gasteiger partial charge in [0.2, 0.25) is 5.91 Å². The topological polar surface area (TPSA) is 57.7 Å². The maximum atomic E-state index is 12.5. The Morgan fingerprint density at radius 1 is 1.07 bits per heavy atom. The fourth-order valence-electron chi connectivity index (χ4n) is 3.98. The van der Waals surface area contributed by atoms with Gasteiger partial charge in [-0.2, -0.15) is 0 Å². The number of amides is 1. The number of sulfone groups is 1. The van der Waals surface area contributed by atoms with Gasteiger partial charge in [-0.15, -0.1) is 0 Å². The molecule has 150 valence electrons. The lowest BCUT2D eigenvalue weighted by molar-refractivity contribution is -0.133. The zero-order valence-electron chi connectivity index (χ0n) is 16.8. The lowest BCUT2D eigenvalue weighted by Gasteiger charge is -2.37. The van der Waals surface area contributed by atoms with Gasteiger partial charge in [0, 0.05) is 38.6 Å². The van der Waals surface area contributed by atoms with Crippen LogP contribution >= 0.6 is 0 Å². The van der Waals surface area contributed by atoms with E-state index >= 15 is 0 Å². The lowest BCUT2D eigenvalue weighted by Crippen LogP contribution is -2.52. The summed E-state index contributed by atoms with van der Waals surface area (Å²) < 4.78 is 23.3. The normalized spacial score (nSPS) is 23.5. The van der Waals surface area contributed by atoms with E-state index in [1.54, 1.807) is 0 Å². The molecule has 0 bridgehead atoms. The van der Waals surface area contributed by atoms with Crippen molar-refractivity contribution in [2.75, 3.05) is 37.7 Å². The van der Waals surface area contributed by atoms with Gasteiger partial charge in [0.1, 0.15) is 0 Å². The fraction of sp³-hybridized carbons (Fsp3) is 0.667. The van der Waals surface area contributed by atoms with Gasteiger partial charge < -0.3 is 4.90 Å². The van der Waals surface area contributed by atoms with Crippen LogP contribution in [0.25, 0.3) is 0 Å². The van der Waals surface area contributed by atoms with E-state index in [0.717, 1.165) is 25.9 Å². The molecule has 3 rings (SSSR count). The maximum absolute atomic E-state index is 12.5. The molecule has 2 aliphatic rings. The third-order valence-corrected chi connectivity index (χ3v) is 7.59. The van der Waals surface area contributed by atoms with Crippen molar-refractivity contribution < 1.29 is 13.2 Å². The van der Waals surface area contributed by atoms with Crippen LogP contribution in [-0.2, 0) is 26.5 Å². The molecule has 2 heterocycles. The van der Waals surface area contributed by atoms with Crippen molar-refractivity contribution >= 4 is 15.7 Å². The summed E-state index contributed by atoms with van der Waals surface area (Å²) in [6.07, 6.45) is 2.04. The summed E-state index contributed by atoms with van der Waals surface area (Å²) in [6, 6.07) is 8.73. The minimum atomic E-state index is -2.85. The van der Waals surface area contributed by atoms with Gasteiger partial charge in [-0.05, 0) is 29.4 Å². The highest BCUT2D eigenvalue weighted by molar-refractivity contribution is 7.91. The number of carbonyl (C=O) groups is 1. The van der Waals surface area contributed by atoms with E-state index in [1.807, 2.05) is 4.90 Å². The predicted octanol–water partition coefficient (Wildman–Crippen LogP) is 2.25. The summed E-state index contributed by atoms with van der Waals surface area (Å²) in [4.78, 5) is 16.7. The number of carbonyl (C=O) groups excluding carboxylic acids is 1. The third-order valence-electron chi connectivity index (χ3n) is 5.84. The van der Waals surface area contributed by atoms with E-state index in [2.05, 4.69) is 49.9 Å². The number of hydrogen-bond donors (Lipinski definition) is 0. The monoisotopic (exact) mass is 392 g/mol. The van der Waals surface area contributed by atoms with Gasteiger partial charge in [-0.1, -0.05) is 45.0 Å². The van der Waals surface area contributed by atoms with E-state index in [4.69, 9.17) is 0 Å². The first-order valence-corrected chi connectivity index (χ1v) is 11.8. The SMILES string of the molecule is CC(C)(C)c1ccc(CCC(=O)N2CCN(C3CCS(=O)(=O)C3)CC2)cc1. The van der Waals surface area contributed by atoms with E-state index < -0.39 is 9.84 Å². The molecule has 5 nitrogen and oxygen atoms in total. The molecular weight excluding hydrogens is 360 g/mol. The average Bonchev–Trinajstić information content (AvgIpc) is 2.99. The van der Waals surface area contributed by atoms with Crippen LogP contribution < -0.4 is 0 Å². The van der Waals surface area contributed by atoms with E-state index in [1.165, 1.54) is 11.1 Å². The number of rotatable bonds is 4. The van der Waals surface area contributed by atoms with Gasteiger partial charge in [0.15, 0.2) is 9.84 Å². The summed E-state index contributed by atoms with van der Waals surface area (Å²) in [7, 11) is -2.85. The number of nitrogens with zero attached hydrogens (tertiary/aromatic N) is 2. The molecule has 1 amide bonds. The first-order valence-electron chi connectivity index (χ1n) is 9.96. The Balaban J connectivity index is 1.44. The predicted molar refractivity (Wildman–Crippen MR) is 109 cm³/mol. The standard InChI is InChI=1S/C21H32N2O3S/c1-21(2,3)18-7-4-17(5-8-18)6-9-20(24)23-13-11-22(12-14-23)19-10-15-27(25,26)16-19/h4-5,7-8,19H,6,9-16H2,1-3H3. The van der Waals surface area contributed by atoms with Crippen LogP contribution in [0.4, 0.5) is 0 Å². The number of benzene rings is 1. The highest BCUT2D eigenvalue weighted by atomic mass is 32.2. The second-order valence-electron chi connectivity index (χ2n) is 8.92. The molecule has 2 saturated heterocycles. The smallest absolute Gasteiger partial charge is 0.222 e. The Bertz CT molecular complexity index is 758. The van der Waals surface area contributed by atoms with Crippen molar-refractivity contribution in [3.05, 3.63) is 35.4 Å². The van der Waals surface area contributed by atoms with Gasteiger partial charge in [-0.3, -0.25) is 9.69 Å². The molecule has 0 radical (unpaired) electrons. The number of aryl methyl sites for hydroxylation is 1. The van der Waals surface area contributed by atoms with Crippen LogP contribution in [0.15, 0.2) is 24.3 Å². The maximum Gasteiger partial charge on any atom is 0.222 e. The molecule has 1 aromatic carbocycles. The van der Waals surface area contributed by atoms with Crippen LogP contribution in [0.5, 0.6) is 0 Å². The van der Waals surface area contributed by atoms with Gasteiger partial charge in [-0.25, -0.2) is 8.42 Å². The van der Waals surface area contributed by atoms with Crippen molar-refractivity contribution in [3.8, 4) is 0 Å². The van der Waals surface area contributed by atoms with Crippen LogP contribution in [0.3, 0.4) is 0 Å². The van der Waals surface area contributed by atoms with Crippen molar-refractivity contribution in [2.24, 2.45) is 0 Å². The minimum absolute atomic E-state index is 0.146. The quantitative estimate of drug-likeness (QED) is 0.789. The highest BCUT2D eigenvalue weighted by Gasteiger charge is 2.34. The van der Waals surface area contributed by atoms with E-state index in [-0.39, 0.29) is 23.1 Å². The average molecular weight is 393 g/mol. The third kappa shape index (κ3) is 5.32. The van der Waals surface area contributed by atoms with E-state index in [0.29, 0.717) is 25.3 Å². The first kappa shape index (κ1) is 20.3. The molecule has 2 fully saturated rings. The van der Waals surface area contributed by atoms with Crippen molar-refractivity contribution in [2.45, 2.75) is 51.5 Å². The molecule has 27 heavy (non-hydrogen) atoms.